The number of nitrogens with zero attached hydrogens (tertiary/aromatic N) is 3. The second-order valence-electron chi connectivity index (χ2n) is 11.2. The minimum Gasteiger partial charge on any atom is -0.397 e. The van der Waals surface area contributed by atoms with E-state index in [-0.39, 0.29) is 39.2 Å². The summed E-state index contributed by atoms with van der Waals surface area (Å²) >= 11 is 0. The van der Waals surface area contributed by atoms with Crippen LogP contribution in [0, 0.1) is 17.5 Å². The smallest absolute Gasteiger partial charge is 0.290 e. The minimum atomic E-state index is -4.06. The van der Waals surface area contributed by atoms with E-state index in [0.29, 0.717) is 6.07 Å². The molecular weight excluding hydrogens is 645 g/mol. The fraction of sp³-hybridized carbons (Fsp3) is 0.290. The van der Waals surface area contributed by atoms with Crippen LogP contribution in [-0.2, 0) is 29.6 Å². The van der Waals surface area contributed by atoms with Crippen molar-refractivity contribution in [2.45, 2.75) is 56.4 Å². The van der Waals surface area contributed by atoms with Crippen LogP contribution in [0.1, 0.15) is 70.2 Å². The van der Waals surface area contributed by atoms with E-state index >= 15 is 0 Å². The zero-order valence-electron chi connectivity index (χ0n) is 24.0. The van der Waals surface area contributed by atoms with Crippen LogP contribution in [0.5, 0.6) is 0 Å². The van der Waals surface area contributed by atoms with E-state index in [2.05, 4.69) is 10.1 Å². The number of alkyl halides is 6. The lowest BCUT2D eigenvalue weighted by atomic mass is 9.86. The fourth-order valence-corrected chi connectivity index (χ4v) is 5.75. The lowest BCUT2D eigenvalue weighted by Crippen LogP contribution is -2.33. The van der Waals surface area contributed by atoms with Crippen LogP contribution in [0.3, 0.4) is 0 Å². The van der Waals surface area contributed by atoms with Gasteiger partial charge in [0, 0.05) is 36.8 Å². The molecule has 1 atom stereocenters. The maximum Gasteiger partial charge on any atom is 0.290 e. The van der Waals surface area contributed by atoms with Crippen molar-refractivity contribution in [3.8, 4) is 11.1 Å². The van der Waals surface area contributed by atoms with Crippen molar-refractivity contribution >= 4 is 17.4 Å². The van der Waals surface area contributed by atoms with E-state index in [9.17, 15) is 49.1 Å². The number of anilines is 1. The summed E-state index contributed by atoms with van der Waals surface area (Å²) in [6.07, 6.45) is -6.26. The molecule has 1 aliphatic carbocycles. The van der Waals surface area contributed by atoms with Crippen molar-refractivity contribution in [3.05, 3.63) is 99.9 Å². The first kappa shape index (κ1) is 33.5. The second-order valence-corrected chi connectivity index (χ2v) is 11.2. The van der Waals surface area contributed by atoms with Gasteiger partial charge in [-0.25, -0.2) is 30.7 Å². The predicted molar refractivity (Wildman–Crippen MR) is 149 cm³/mol. The number of aromatic nitrogens is 3. The Labute approximate surface area is 260 Å². The molecule has 0 saturated carbocycles. The Morgan fingerprint density at radius 2 is 1.57 bits per heavy atom. The summed E-state index contributed by atoms with van der Waals surface area (Å²) in [5.74, 6) is -14.2. The van der Waals surface area contributed by atoms with Gasteiger partial charge in [-0.3, -0.25) is 19.3 Å². The molecule has 0 unspecified atom stereocenters. The van der Waals surface area contributed by atoms with Gasteiger partial charge in [0.05, 0.1) is 28.7 Å². The summed E-state index contributed by atoms with van der Waals surface area (Å²) in [4.78, 5) is 29.6. The molecule has 2 aromatic carbocycles. The largest absolute Gasteiger partial charge is 0.397 e. The monoisotopic (exact) mass is 669 g/mol. The van der Waals surface area contributed by atoms with E-state index in [4.69, 9.17) is 11.5 Å². The molecule has 0 radical (unpaired) electrons. The van der Waals surface area contributed by atoms with E-state index in [0.717, 1.165) is 24.3 Å². The molecule has 1 aliphatic rings. The quantitative estimate of drug-likeness (QED) is 0.178. The Morgan fingerprint density at radius 3 is 2.21 bits per heavy atom. The Bertz CT molecular complexity index is 1860. The number of nitrogen functional groups attached to an aromatic ring is 1. The molecule has 16 heteroatoms. The fourth-order valence-electron chi connectivity index (χ4n) is 5.75. The van der Waals surface area contributed by atoms with Gasteiger partial charge < -0.3 is 11.5 Å². The van der Waals surface area contributed by atoms with Gasteiger partial charge in [-0.05, 0) is 47.9 Å². The molecule has 5 rings (SSSR count). The van der Waals surface area contributed by atoms with Gasteiger partial charge >= 0.3 is 0 Å². The van der Waals surface area contributed by atoms with Gasteiger partial charge in [0.2, 0.25) is 0 Å². The van der Waals surface area contributed by atoms with E-state index in [1.54, 1.807) is 0 Å². The normalized spacial score (nSPS) is 15.8. The molecule has 248 valence electrons. The van der Waals surface area contributed by atoms with Gasteiger partial charge in [0.15, 0.2) is 5.78 Å². The maximum absolute atomic E-state index is 14.9. The zero-order valence-corrected chi connectivity index (χ0v) is 24.0. The second kappa shape index (κ2) is 12.4. The summed E-state index contributed by atoms with van der Waals surface area (Å²) in [5.41, 5.74) is 6.36. The first-order valence-corrected chi connectivity index (χ1v) is 13.9. The third-order valence-corrected chi connectivity index (χ3v) is 7.73. The lowest BCUT2D eigenvalue weighted by Gasteiger charge is -2.29. The number of nitrogens with two attached hydrogens (primary N) is 2. The highest BCUT2D eigenvalue weighted by Crippen LogP contribution is 2.52. The van der Waals surface area contributed by atoms with Crippen molar-refractivity contribution in [3.63, 3.8) is 0 Å². The molecule has 0 spiro atoms. The average molecular weight is 670 g/mol. The number of carbonyl (C=O) groups excluding carboxylic acids is 2. The number of amides is 1. The standard InChI is InChI=1S/C31H24F9N5O2/c32-17-6-14(7-18(33)10-17)5-16(25-21(11-19(41)12-43-25)15-1-2-23(34)22(9-15)29(42)47)8-20(46)13-45-27-24(26(44-45)28(35)36)30(37,38)3-4-31(27,39)40/h1-2,6-7,9-12,16,28H,3-5,8,13,41H2,(H2,42,47)/t16-/m1/s1. The number of hydrogen-bond acceptors (Lipinski definition) is 5. The number of rotatable bonds is 10. The topological polar surface area (TPSA) is 117 Å². The summed E-state index contributed by atoms with van der Waals surface area (Å²) in [5, 5.41) is 3.30. The maximum atomic E-state index is 14.9. The van der Waals surface area contributed by atoms with Crippen LogP contribution in [0.2, 0.25) is 0 Å². The minimum absolute atomic E-state index is 0.0180. The number of ketones is 1. The van der Waals surface area contributed by atoms with E-state index < -0.39 is 102 Å². The van der Waals surface area contributed by atoms with Gasteiger partial charge in [-0.15, -0.1) is 0 Å². The van der Waals surface area contributed by atoms with Crippen LogP contribution in [0.15, 0.2) is 48.7 Å². The first-order valence-electron chi connectivity index (χ1n) is 13.9. The number of hydrogen-bond donors (Lipinski definition) is 2. The molecule has 0 saturated heterocycles. The molecule has 0 fully saturated rings. The summed E-state index contributed by atoms with van der Waals surface area (Å²) in [7, 11) is 0. The molecule has 4 aromatic rings. The Balaban J connectivity index is 1.59. The molecule has 7 nitrogen and oxygen atoms in total. The highest BCUT2D eigenvalue weighted by atomic mass is 19.3. The predicted octanol–water partition coefficient (Wildman–Crippen LogP) is 6.94. The van der Waals surface area contributed by atoms with Crippen molar-refractivity contribution in [2.75, 3.05) is 5.73 Å². The molecule has 4 N–H and O–H groups in total. The van der Waals surface area contributed by atoms with Crippen molar-refractivity contribution in [2.24, 2.45) is 5.73 Å². The molecule has 2 aromatic heterocycles. The number of benzene rings is 2. The molecule has 2 heterocycles. The van der Waals surface area contributed by atoms with Gasteiger partial charge in [-0.1, -0.05) is 6.07 Å². The molecule has 47 heavy (non-hydrogen) atoms. The summed E-state index contributed by atoms with van der Waals surface area (Å²) in [6, 6.07) is 7.13. The first-order chi connectivity index (χ1) is 22.0. The molecule has 0 aliphatic heterocycles. The SMILES string of the molecule is NC(=O)c1cc(-c2cc(N)cnc2[C@@H](CC(=O)Cn2nc(C(F)F)c3c2C(F)(F)CCC3(F)F)Cc2cc(F)cc(F)c2)ccc1F. The van der Waals surface area contributed by atoms with Gasteiger partial charge in [-0.2, -0.15) is 13.9 Å². The number of pyridine rings is 1. The number of halogens is 9. The Kier molecular flexibility index (Phi) is 8.81. The average Bonchev–Trinajstić information content (AvgIpc) is 3.37. The number of primary amides is 1. The third kappa shape index (κ3) is 6.81. The summed E-state index contributed by atoms with van der Waals surface area (Å²) in [6.45, 7) is -1.14. The molecule has 0 bridgehead atoms. The van der Waals surface area contributed by atoms with Crippen molar-refractivity contribution in [1.29, 1.82) is 0 Å². The Hall–Kier alpha value is -4.89. The summed E-state index contributed by atoms with van der Waals surface area (Å²) < 4.78 is 129. The lowest BCUT2D eigenvalue weighted by molar-refractivity contribution is -0.121. The van der Waals surface area contributed by atoms with E-state index in [1.165, 1.54) is 18.3 Å². The zero-order chi connectivity index (χ0) is 34.4. The number of Topliss-reactive ketones (excluding diaryl/α,β-unsaturated/α-hetero) is 1. The van der Waals surface area contributed by atoms with Crippen LogP contribution in [-0.4, -0.2) is 26.5 Å². The number of fused-ring (bicyclic) bond motifs is 1. The van der Waals surface area contributed by atoms with Gasteiger partial charge in [0.25, 0.3) is 24.2 Å². The number of carbonyl (C=O) groups is 2. The van der Waals surface area contributed by atoms with E-state index in [1.807, 2.05) is 0 Å². The third-order valence-electron chi connectivity index (χ3n) is 7.73. The highest BCUT2D eigenvalue weighted by molar-refractivity contribution is 5.94. The van der Waals surface area contributed by atoms with Crippen molar-refractivity contribution in [1.82, 2.24) is 14.8 Å². The van der Waals surface area contributed by atoms with Crippen LogP contribution in [0.4, 0.5) is 45.2 Å². The molecule has 1 amide bonds. The van der Waals surface area contributed by atoms with Crippen LogP contribution in [0.25, 0.3) is 11.1 Å². The van der Waals surface area contributed by atoms with Gasteiger partial charge in [0.1, 0.15) is 35.4 Å². The van der Waals surface area contributed by atoms with Crippen LogP contribution < -0.4 is 11.5 Å². The highest BCUT2D eigenvalue weighted by Gasteiger charge is 2.55. The molecular formula is C31H24F9N5O2. The van der Waals surface area contributed by atoms with Crippen LogP contribution >= 0.6 is 0 Å². The van der Waals surface area contributed by atoms with Crippen molar-refractivity contribution < 1.29 is 49.1 Å². The Morgan fingerprint density at radius 1 is 0.915 bits per heavy atom.